The number of hydrogen-bond acceptors (Lipinski definition) is 4. The second kappa shape index (κ2) is 8.29. The minimum atomic E-state index is -0.869. The molecule has 0 fully saturated rings. The van der Waals surface area contributed by atoms with Gasteiger partial charge in [-0.1, -0.05) is 12.1 Å². The van der Waals surface area contributed by atoms with E-state index in [4.69, 9.17) is 9.47 Å². The van der Waals surface area contributed by atoms with Crippen LogP contribution in [0, 0.1) is 3.57 Å². The first kappa shape index (κ1) is 20.9. The highest BCUT2D eigenvalue weighted by molar-refractivity contribution is 14.1. The standard InChI is InChI=1S/C18H26INO4/c1-17(2,3)23-11-14(16(22)24-18(4,5)6)20-15(21)12-9-7-8-10-13(12)19/h7-10,14H,11H2,1-6H3,(H,20,21)/t14-/m0/s1. The number of hydrogen-bond donors (Lipinski definition) is 1. The number of esters is 1. The number of benzene rings is 1. The van der Waals surface area contributed by atoms with Gasteiger partial charge in [0.05, 0.1) is 17.8 Å². The Hall–Kier alpha value is -1.15. The largest absolute Gasteiger partial charge is 0.458 e. The average Bonchev–Trinajstić information content (AvgIpc) is 2.40. The molecule has 0 spiro atoms. The van der Waals surface area contributed by atoms with Gasteiger partial charge in [0.15, 0.2) is 6.04 Å². The fraction of sp³-hybridized carbons (Fsp3) is 0.556. The lowest BCUT2D eigenvalue weighted by Gasteiger charge is -2.27. The highest BCUT2D eigenvalue weighted by Crippen LogP contribution is 2.14. The number of halogens is 1. The number of ether oxygens (including phenoxy) is 2. The molecule has 0 unspecified atom stereocenters. The van der Waals surface area contributed by atoms with E-state index in [9.17, 15) is 9.59 Å². The lowest BCUT2D eigenvalue weighted by Crippen LogP contribution is -2.48. The quantitative estimate of drug-likeness (QED) is 0.554. The summed E-state index contributed by atoms with van der Waals surface area (Å²) >= 11 is 2.09. The van der Waals surface area contributed by atoms with Crippen molar-refractivity contribution < 1.29 is 19.1 Å². The zero-order chi connectivity index (χ0) is 18.5. The summed E-state index contributed by atoms with van der Waals surface area (Å²) in [7, 11) is 0. The summed E-state index contributed by atoms with van der Waals surface area (Å²) in [5, 5.41) is 2.73. The van der Waals surface area contributed by atoms with Crippen molar-refractivity contribution >= 4 is 34.5 Å². The van der Waals surface area contributed by atoms with Gasteiger partial charge >= 0.3 is 5.97 Å². The first-order valence-corrected chi connectivity index (χ1v) is 8.89. The lowest BCUT2D eigenvalue weighted by molar-refractivity contribution is -0.160. The van der Waals surface area contributed by atoms with E-state index in [1.165, 1.54) is 0 Å². The Morgan fingerprint density at radius 2 is 1.67 bits per heavy atom. The number of nitrogens with one attached hydrogen (secondary N) is 1. The van der Waals surface area contributed by atoms with Crippen LogP contribution < -0.4 is 5.32 Å². The Kier molecular flexibility index (Phi) is 7.22. The number of amides is 1. The molecule has 0 saturated carbocycles. The van der Waals surface area contributed by atoms with Crippen LogP contribution in [-0.4, -0.2) is 35.7 Å². The molecule has 1 atom stereocenters. The van der Waals surface area contributed by atoms with Crippen molar-refractivity contribution in [1.29, 1.82) is 0 Å². The summed E-state index contributed by atoms with van der Waals surface area (Å²) in [5.41, 5.74) is -0.544. The van der Waals surface area contributed by atoms with Crippen LogP contribution in [0.2, 0.25) is 0 Å². The van der Waals surface area contributed by atoms with Gasteiger partial charge in [-0.15, -0.1) is 0 Å². The maximum absolute atomic E-state index is 12.5. The molecule has 1 aromatic rings. The van der Waals surface area contributed by atoms with Gasteiger partial charge in [-0.2, -0.15) is 0 Å². The predicted octanol–water partition coefficient (Wildman–Crippen LogP) is 3.55. The third kappa shape index (κ3) is 7.61. The van der Waals surface area contributed by atoms with E-state index in [0.29, 0.717) is 5.56 Å². The zero-order valence-corrected chi connectivity index (χ0v) is 17.3. The molecule has 0 aliphatic heterocycles. The summed E-state index contributed by atoms with van der Waals surface area (Å²) in [6, 6.07) is 6.32. The van der Waals surface area contributed by atoms with Crippen LogP contribution in [0.4, 0.5) is 0 Å². The van der Waals surface area contributed by atoms with Crippen LogP contribution in [-0.2, 0) is 14.3 Å². The van der Waals surface area contributed by atoms with Crippen molar-refractivity contribution in [3.8, 4) is 0 Å². The number of carbonyl (C=O) groups is 2. The second-order valence-corrected chi connectivity index (χ2v) is 8.62. The summed E-state index contributed by atoms with van der Waals surface area (Å²) in [5.74, 6) is -0.834. The van der Waals surface area contributed by atoms with E-state index < -0.39 is 23.2 Å². The highest BCUT2D eigenvalue weighted by Gasteiger charge is 2.29. The van der Waals surface area contributed by atoms with Crippen LogP contribution in [0.15, 0.2) is 24.3 Å². The van der Waals surface area contributed by atoms with Crippen LogP contribution in [0.5, 0.6) is 0 Å². The van der Waals surface area contributed by atoms with Gasteiger partial charge in [0.2, 0.25) is 0 Å². The summed E-state index contributed by atoms with van der Waals surface area (Å²) in [4.78, 5) is 24.9. The maximum Gasteiger partial charge on any atom is 0.331 e. The van der Waals surface area contributed by atoms with Crippen molar-refractivity contribution in [3.05, 3.63) is 33.4 Å². The predicted molar refractivity (Wildman–Crippen MR) is 102 cm³/mol. The zero-order valence-electron chi connectivity index (χ0n) is 15.1. The Morgan fingerprint density at radius 3 is 2.17 bits per heavy atom. The monoisotopic (exact) mass is 447 g/mol. The van der Waals surface area contributed by atoms with E-state index in [2.05, 4.69) is 27.9 Å². The minimum Gasteiger partial charge on any atom is -0.458 e. The Bertz CT molecular complexity index is 587. The molecule has 0 aromatic heterocycles. The molecule has 1 rings (SSSR count). The van der Waals surface area contributed by atoms with Gasteiger partial charge in [0.1, 0.15) is 5.60 Å². The Labute approximate surface area is 157 Å². The van der Waals surface area contributed by atoms with E-state index in [1.54, 1.807) is 32.9 Å². The van der Waals surface area contributed by atoms with Crippen LogP contribution in [0.3, 0.4) is 0 Å². The Morgan fingerprint density at radius 1 is 1.08 bits per heavy atom. The van der Waals surface area contributed by atoms with E-state index >= 15 is 0 Å². The molecule has 134 valence electrons. The molecule has 0 saturated heterocycles. The molecule has 5 nitrogen and oxygen atoms in total. The number of carbonyl (C=O) groups excluding carboxylic acids is 2. The third-order valence-electron chi connectivity index (χ3n) is 2.80. The van der Waals surface area contributed by atoms with Gasteiger partial charge in [-0.05, 0) is 76.3 Å². The van der Waals surface area contributed by atoms with Gasteiger partial charge < -0.3 is 14.8 Å². The van der Waals surface area contributed by atoms with E-state index in [0.717, 1.165) is 3.57 Å². The number of rotatable bonds is 5. The molecule has 24 heavy (non-hydrogen) atoms. The third-order valence-corrected chi connectivity index (χ3v) is 3.74. The molecular weight excluding hydrogens is 421 g/mol. The molecular formula is C18H26INO4. The normalized spacial score (nSPS) is 13.3. The smallest absolute Gasteiger partial charge is 0.331 e. The van der Waals surface area contributed by atoms with Gasteiger partial charge in [-0.25, -0.2) is 4.79 Å². The molecule has 0 aliphatic carbocycles. The maximum atomic E-state index is 12.5. The summed E-state index contributed by atoms with van der Waals surface area (Å²) in [6.07, 6.45) is 0. The molecule has 1 N–H and O–H groups in total. The van der Waals surface area contributed by atoms with Gasteiger partial charge in [0, 0.05) is 3.57 Å². The van der Waals surface area contributed by atoms with E-state index in [-0.39, 0.29) is 12.5 Å². The van der Waals surface area contributed by atoms with Crippen molar-refractivity contribution in [2.75, 3.05) is 6.61 Å². The highest BCUT2D eigenvalue weighted by atomic mass is 127. The van der Waals surface area contributed by atoms with Crippen molar-refractivity contribution in [1.82, 2.24) is 5.32 Å². The molecule has 1 amide bonds. The topological polar surface area (TPSA) is 64.6 Å². The fourth-order valence-electron chi connectivity index (χ4n) is 1.76. The molecule has 0 heterocycles. The SMILES string of the molecule is CC(C)(C)OC[C@H](NC(=O)c1ccccc1I)C(=O)OC(C)(C)C. The van der Waals surface area contributed by atoms with Gasteiger partial charge in [-0.3, -0.25) is 4.79 Å². The van der Waals surface area contributed by atoms with E-state index in [1.807, 2.05) is 32.9 Å². The summed E-state index contributed by atoms with van der Waals surface area (Å²) < 4.78 is 11.9. The molecule has 0 radical (unpaired) electrons. The average molecular weight is 447 g/mol. The lowest BCUT2D eigenvalue weighted by atomic mass is 10.1. The second-order valence-electron chi connectivity index (χ2n) is 7.46. The van der Waals surface area contributed by atoms with Crippen molar-refractivity contribution in [2.24, 2.45) is 0 Å². The minimum absolute atomic E-state index is 0.0492. The first-order valence-electron chi connectivity index (χ1n) is 7.81. The molecule has 1 aromatic carbocycles. The summed E-state index contributed by atoms with van der Waals surface area (Å²) in [6.45, 7) is 11.1. The first-order chi connectivity index (χ1) is 10.9. The van der Waals surface area contributed by atoms with Crippen LogP contribution in [0.25, 0.3) is 0 Å². The molecule has 0 bridgehead atoms. The fourth-order valence-corrected chi connectivity index (χ4v) is 2.39. The van der Waals surface area contributed by atoms with Crippen molar-refractivity contribution in [2.45, 2.75) is 58.8 Å². The molecule has 6 heteroatoms. The molecule has 0 aliphatic rings. The van der Waals surface area contributed by atoms with Gasteiger partial charge in [0.25, 0.3) is 5.91 Å². The van der Waals surface area contributed by atoms with Crippen LogP contribution >= 0.6 is 22.6 Å². The van der Waals surface area contributed by atoms with Crippen LogP contribution in [0.1, 0.15) is 51.9 Å². The van der Waals surface area contributed by atoms with Crippen molar-refractivity contribution in [3.63, 3.8) is 0 Å². The Balaban J connectivity index is 2.90.